The Labute approximate surface area is 190 Å². The second-order valence-corrected chi connectivity index (χ2v) is 7.67. The van der Waals surface area contributed by atoms with E-state index in [9.17, 15) is 14.7 Å². The molecular weight excluding hydrogens is 418 g/mol. The van der Waals surface area contributed by atoms with Crippen molar-refractivity contribution in [2.45, 2.75) is 13.8 Å². The minimum absolute atomic E-state index is 0.0730. The first-order valence-electron chi connectivity index (χ1n) is 10.2. The average molecular weight is 439 g/mol. The molecule has 0 saturated carbocycles. The van der Waals surface area contributed by atoms with E-state index in [2.05, 4.69) is 15.5 Å². The van der Waals surface area contributed by atoms with Gasteiger partial charge in [0.25, 0.3) is 5.91 Å². The number of aryl methyl sites for hydroxylation is 2. The molecule has 7 nitrogen and oxygen atoms in total. The molecule has 164 valence electrons. The summed E-state index contributed by atoms with van der Waals surface area (Å²) in [7, 11) is 0. The lowest BCUT2D eigenvalue weighted by Crippen LogP contribution is -2.13. The van der Waals surface area contributed by atoms with E-state index in [0.717, 1.165) is 16.5 Å². The Hall–Kier alpha value is -4.52. The Balaban J connectivity index is 1.74. The number of benzene rings is 4. The normalized spacial score (nSPS) is 11.1. The Bertz CT molecular complexity index is 1410. The van der Waals surface area contributed by atoms with E-state index in [4.69, 9.17) is 5.11 Å². The van der Waals surface area contributed by atoms with Crippen LogP contribution in [0.25, 0.3) is 10.8 Å². The van der Waals surface area contributed by atoms with Crippen LogP contribution in [0.5, 0.6) is 5.75 Å². The number of carbonyl (C=O) groups excluding carboxylic acids is 1. The molecule has 1 amide bonds. The number of rotatable bonds is 5. The van der Waals surface area contributed by atoms with Crippen LogP contribution < -0.4 is 5.32 Å². The molecule has 0 aliphatic carbocycles. The summed E-state index contributed by atoms with van der Waals surface area (Å²) >= 11 is 0. The number of amides is 1. The third-order valence-corrected chi connectivity index (χ3v) is 5.25. The summed E-state index contributed by atoms with van der Waals surface area (Å²) in [5.41, 5.74) is 3.41. The van der Waals surface area contributed by atoms with Crippen LogP contribution in [-0.4, -0.2) is 22.1 Å². The van der Waals surface area contributed by atoms with Gasteiger partial charge in [-0.1, -0.05) is 42.0 Å². The van der Waals surface area contributed by atoms with Gasteiger partial charge >= 0.3 is 5.97 Å². The van der Waals surface area contributed by atoms with E-state index in [1.807, 2.05) is 44.2 Å². The molecule has 4 aromatic rings. The van der Waals surface area contributed by atoms with Crippen molar-refractivity contribution in [3.63, 3.8) is 0 Å². The fraction of sp³-hybridized carbons (Fsp3) is 0.0769. The first kappa shape index (κ1) is 21.7. The van der Waals surface area contributed by atoms with Crippen molar-refractivity contribution in [2.24, 2.45) is 10.2 Å². The standard InChI is InChI=1S/C26H21N3O4/c1-15-7-12-22(16(2)13-15)27-25(31)21-14-18-5-3-4-6-20(18)23(24(21)30)29-28-19-10-8-17(9-11-19)26(32)33/h3-14,30H,1-2H3,(H,27,31)(H,32,33)/b29-28+. The molecule has 0 spiro atoms. The molecule has 0 heterocycles. The van der Waals surface area contributed by atoms with Crippen molar-refractivity contribution in [2.75, 3.05) is 5.32 Å². The quantitative estimate of drug-likeness (QED) is 0.307. The highest BCUT2D eigenvalue weighted by molar-refractivity contribution is 6.12. The second-order valence-electron chi connectivity index (χ2n) is 7.67. The highest BCUT2D eigenvalue weighted by Gasteiger charge is 2.19. The first-order chi connectivity index (χ1) is 15.8. The fourth-order valence-corrected chi connectivity index (χ4v) is 3.51. The van der Waals surface area contributed by atoms with Gasteiger partial charge in [-0.2, -0.15) is 5.11 Å². The van der Waals surface area contributed by atoms with Gasteiger partial charge < -0.3 is 15.5 Å². The number of nitrogens with one attached hydrogen (secondary N) is 1. The monoisotopic (exact) mass is 439 g/mol. The molecule has 0 aromatic heterocycles. The lowest BCUT2D eigenvalue weighted by molar-refractivity contribution is 0.0696. The number of phenols is 1. The van der Waals surface area contributed by atoms with Crippen LogP contribution in [0.2, 0.25) is 0 Å². The maximum absolute atomic E-state index is 13.0. The number of aromatic hydroxyl groups is 1. The number of fused-ring (bicyclic) bond motifs is 1. The van der Waals surface area contributed by atoms with Crippen LogP contribution in [0.1, 0.15) is 31.8 Å². The lowest BCUT2D eigenvalue weighted by atomic mass is 10.0. The summed E-state index contributed by atoms with van der Waals surface area (Å²) in [5, 5.41) is 32.5. The van der Waals surface area contributed by atoms with Crippen molar-refractivity contribution < 1.29 is 19.8 Å². The van der Waals surface area contributed by atoms with E-state index in [1.165, 1.54) is 24.3 Å². The molecule has 0 bridgehead atoms. The molecule has 0 saturated heterocycles. The number of hydrogen-bond donors (Lipinski definition) is 3. The van der Waals surface area contributed by atoms with E-state index in [0.29, 0.717) is 16.8 Å². The van der Waals surface area contributed by atoms with Crippen molar-refractivity contribution >= 4 is 39.7 Å². The Morgan fingerprint density at radius 2 is 1.61 bits per heavy atom. The number of carbonyl (C=O) groups is 2. The number of phenolic OH excluding ortho intramolecular Hbond substituents is 1. The van der Waals surface area contributed by atoms with Crippen molar-refractivity contribution in [3.05, 3.63) is 95.1 Å². The SMILES string of the molecule is Cc1ccc(NC(=O)c2cc3ccccc3c(/N=N/c3ccc(C(=O)O)cc3)c2O)c(C)c1. The molecule has 4 rings (SSSR count). The number of carboxylic acids is 1. The summed E-state index contributed by atoms with van der Waals surface area (Å²) in [6, 6.07) is 20.4. The summed E-state index contributed by atoms with van der Waals surface area (Å²) in [6.45, 7) is 3.87. The average Bonchev–Trinajstić information content (AvgIpc) is 2.80. The van der Waals surface area contributed by atoms with E-state index >= 15 is 0 Å². The van der Waals surface area contributed by atoms with Crippen LogP contribution >= 0.6 is 0 Å². The molecule has 0 unspecified atom stereocenters. The highest BCUT2D eigenvalue weighted by atomic mass is 16.4. The van der Waals surface area contributed by atoms with Crippen LogP contribution in [0.3, 0.4) is 0 Å². The number of hydrogen-bond acceptors (Lipinski definition) is 5. The zero-order chi connectivity index (χ0) is 23.5. The van der Waals surface area contributed by atoms with Gasteiger partial charge in [-0.05, 0) is 61.2 Å². The highest BCUT2D eigenvalue weighted by Crippen LogP contribution is 2.39. The van der Waals surface area contributed by atoms with Gasteiger partial charge in [0.15, 0.2) is 5.75 Å². The van der Waals surface area contributed by atoms with E-state index in [1.54, 1.807) is 18.2 Å². The zero-order valence-corrected chi connectivity index (χ0v) is 18.0. The van der Waals surface area contributed by atoms with Gasteiger partial charge in [-0.25, -0.2) is 4.79 Å². The predicted octanol–water partition coefficient (Wildman–Crippen LogP) is 6.53. The molecule has 0 atom stereocenters. The summed E-state index contributed by atoms with van der Waals surface area (Å²) in [4.78, 5) is 24.1. The maximum atomic E-state index is 13.0. The third-order valence-electron chi connectivity index (χ3n) is 5.25. The van der Waals surface area contributed by atoms with Gasteiger partial charge in [-0.15, -0.1) is 5.11 Å². The van der Waals surface area contributed by atoms with Gasteiger partial charge in [0.2, 0.25) is 0 Å². The minimum atomic E-state index is -1.04. The molecule has 3 N–H and O–H groups in total. The summed E-state index contributed by atoms with van der Waals surface area (Å²) in [5.74, 6) is -1.79. The molecule has 0 radical (unpaired) electrons. The van der Waals surface area contributed by atoms with E-state index in [-0.39, 0.29) is 22.6 Å². The Morgan fingerprint density at radius 3 is 2.30 bits per heavy atom. The van der Waals surface area contributed by atoms with Crippen LogP contribution in [0, 0.1) is 13.8 Å². The van der Waals surface area contributed by atoms with Gasteiger partial charge in [0.05, 0.1) is 16.8 Å². The molecule has 33 heavy (non-hydrogen) atoms. The van der Waals surface area contributed by atoms with Crippen molar-refractivity contribution in [3.8, 4) is 5.75 Å². The van der Waals surface area contributed by atoms with Crippen molar-refractivity contribution in [1.29, 1.82) is 0 Å². The van der Waals surface area contributed by atoms with Crippen molar-refractivity contribution in [1.82, 2.24) is 0 Å². The van der Waals surface area contributed by atoms with Gasteiger partial charge in [0.1, 0.15) is 5.69 Å². The molecular formula is C26H21N3O4. The fourth-order valence-electron chi connectivity index (χ4n) is 3.51. The number of aromatic carboxylic acids is 1. The number of azo groups is 1. The minimum Gasteiger partial charge on any atom is -0.505 e. The second kappa shape index (κ2) is 8.92. The largest absolute Gasteiger partial charge is 0.505 e. The zero-order valence-electron chi connectivity index (χ0n) is 18.0. The molecule has 0 aliphatic rings. The molecule has 4 aromatic carbocycles. The van der Waals surface area contributed by atoms with Crippen LogP contribution in [0.15, 0.2) is 83.0 Å². The number of carboxylic acid groups (broad SMARTS) is 1. The smallest absolute Gasteiger partial charge is 0.335 e. The van der Waals surface area contributed by atoms with Gasteiger partial charge in [0, 0.05) is 11.1 Å². The lowest BCUT2D eigenvalue weighted by Gasteiger charge is -2.12. The number of nitrogens with zero attached hydrogens (tertiary/aromatic N) is 2. The summed E-state index contributed by atoms with van der Waals surface area (Å²) < 4.78 is 0. The van der Waals surface area contributed by atoms with Crippen LogP contribution in [0.4, 0.5) is 17.1 Å². The Kier molecular flexibility index (Phi) is 5.87. The Morgan fingerprint density at radius 1 is 0.879 bits per heavy atom. The first-order valence-corrected chi connectivity index (χ1v) is 10.2. The topological polar surface area (TPSA) is 111 Å². The maximum Gasteiger partial charge on any atom is 0.335 e. The molecule has 0 aliphatic heterocycles. The summed E-state index contributed by atoms with van der Waals surface area (Å²) in [6.07, 6.45) is 0. The molecule has 7 heteroatoms. The third kappa shape index (κ3) is 4.57. The predicted molar refractivity (Wildman–Crippen MR) is 127 cm³/mol. The van der Waals surface area contributed by atoms with Crippen LogP contribution in [-0.2, 0) is 0 Å². The van der Waals surface area contributed by atoms with Gasteiger partial charge in [-0.3, -0.25) is 4.79 Å². The number of anilines is 1. The van der Waals surface area contributed by atoms with E-state index < -0.39 is 11.9 Å². The molecule has 0 fully saturated rings.